The van der Waals surface area contributed by atoms with Gasteiger partial charge in [0.05, 0.1) is 10.0 Å². The summed E-state index contributed by atoms with van der Waals surface area (Å²) in [6.45, 7) is 5.98. The summed E-state index contributed by atoms with van der Waals surface area (Å²) < 4.78 is 5.21. The van der Waals surface area contributed by atoms with E-state index in [2.05, 4.69) is 10.6 Å². The standard InChI is InChI=1S/C15H21Cl2N3O3/c1-15(2,3)23-14(22)20(4)8-7-18-13(21)19-10-5-6-11(16)12(17)9-10/h5-6,9H,7-8H2,1-4H3,(H2,18,19,21). The molecule has 0 aliphatic heterocycles. The van der Waals surface area contributed by atoms with Gasteiger partial charge in [-0.05, 0) is 39.0 Å². The van der Waals surface area contributed by atoms with Gasteiger partial charge in [-0.3, -0.25) is 0 Å². The van der Waals surface area contributed by atoms with Gasteiger partial charge in [0.25, 0.3) is 0 Å². The molecule has 0 spiro atoms. The van der Waals surface area contributed by atoms with Crippen LogP contribution < -0.4 is 10.6 Å². The SMILES string of the molecule is CN(CCNC(=O)Nc1ccc(Cl)c(Cl)c1)C(=O)OC(C)(C)C. The van der Waals surface area contributed by atoms with Gasteiger partial charge in [-0.2, -0.15) is 0 Å². The third-order valence-electron chi connectivity index (χ3n) is 2.62. The molecule has 0 bridgehead atoms. The number of nitrogens with zero attached hydrogens (tertiary/aromatic N) is 1. The second kappa shape index (κ2) is 8.26. The number of ether oxygens (including phenoxy) is 1. The molecule has 23 heavy (non-hydrogen) atoms. The fraction of sp³-hybridized carbons (Fsp3) is 0.467. The summed E-state index contributed by atoms with van der Waals surface area (Å²) in [6.07, 6.45) is -0.441. The molecule has 128 valence electrons. The average Bonchev–Trinajstić information content (AvgIpc) is 2.41. The molecule has 0 atom stereocenters. The van der Waals surface area contributed by atoms with Gasteiger partial charge in [0.1, 0.15) is 5.60 Å². The van der Waals surface area contributed by atoms with Crippen molar-refractivity contribution in [2.75, 3.05) is 25.5 Å². The number of likely N-dealkylation sites (N-methyl/N-ethyl adjacent to an activating group) is 1. The Morgan fingerprint density at radius 2 is 1.87 bits per heavy atom. The molecule has 0 aromatic heterocycles. The normalized spacial score (nSPS) is 10.9. The Morgan fingerprint density at radius 3 is 2.43 bits per heavy atom. The molecule has 6 nitrogen and oxygen atoms in total. The molecule has 1 aromatic carbocycles. The first-order valence-corrected chi connectivity index (χ1v) is 7.78. The highest BCUT2D eigenvalue weighted by Gasteiger charge is 2.19. The van der Waals surface area contributed by atoms with E-state index < -0.39 is 17.7 Å². The monoisotopic (exact) mass is 361 g/mol. The Kier molecular flexibility index (Phi) is 6.97. The van der Waals surface area contributed by atoms with Gasteiger partial charge in [-0.1, -0.05) is 23.2 Å². The lowest BCUT2D eigenvalue weighted by Gasteiger charge is -2.24. The van der Waals surface area contributed by atoms with Crippen LogP contribution in [0.3, 0.4) is 0 Å². The Bertz CT molecular complexity index is 574. The van der Waals surface area contributed by atoms with Gasteiger partial charge in [0, 0.05) is 25.8 Å². The van der Waals surface area contributed by atoms with Crippen LogP contribution in [0.1, 0.15) is 20.8 Å². The minimum Gasteiger partial charge on any atom is -0.444 e. The quantitative estimate of drug-likeness (QED) is 0.851. The molecule has 0 heterocycles. The molecular formula is C15H21Cl2N3O3. The number of hydrogen-bond donors (Lipinski definition) is 2. The first-order valence-electron chi connectivity index (χ1n) is 7.02. The van der Waals surface area contributed by atoms with E-state index in [1.165, 1.54) is 4.90 Å². The predicted molar refractivity (Wildman–Crippen MR) is 92.3 cm³/mol. The third kappa shape index (κ3) is 7.43. The molecule has 2 N–H and O–H groups in total. The maximum Gasteiger partial charge on any atom is 0.410 e. The predicted octanol–water partition coefficient (Wildman–Crippen LogP) is 3.98. The fourth-order valence-corrected chi connectivity index (χ4v) is 1.82. The number of carbonyl (C=O) groups is 2. The smallest absolute Gasteiger partial charge is 0.410 e. The van der Waals surface area contributed by atoms with Gasteiger partial charge < -0.3 is 20.3 Å². The van der Waals surface area contributed by atoms with Gasteiger partial charge in [0.15, 0.2) is 0 Å². The molecule has 0 unspecified atom stereocenters. The summed E-state index contributed by atoms with van der Waals surface area (Å²) >= 11 is 11.7. The summed E-state index contributed by atoms with van der Waals surface area (Å²) in [5, 5.41) is 6.03. The van der Waals surface area contributed by atoms with Crippen molar-refractivity contribution >= 4 is 41.0 Å². The van der Waals surface area contributed by atoms with Gasteiger partial charge >= 0.3 is 12.1 Å². The lowest BCUT2D eigenvalue weighted by molar-refractivity contribution is 0.0301. The van der Waals surface area contributed by atoms with Crippen molar-refractivity contribution in [3.05, 3.63) is 28.2 Å². The zero-order chi connectivity index (χ0) is 17.6. The minimum absolute atomic E-state index is 0.281. The lowest BCUT2D eigenvalue weighted by atomic mass is 10.2. The number of urea groups is 1. The number of amides is 3. The molecule has 0 aliphatic rings. The van der Waals surface area contributed by atoms with E-state index >= 15 is 0 Å². The van der Waals surface area contributed by atoms with Crippen molar-refractivity contribution < 1.29 is 14.3 Å². The zero-order valence-electron chi connectivity index (χ0n) is 13.6. The van der Waals surface area contributed by atoms with Crippen LogP contribution in [0.15, 0.2) is 18.2 Å². The molecule has 3 amide bonds. The van der Waals surface area contributed by atoms with E-state index in [0.29, 0.717) is 22.3 Å². The summed E-state index contributed by atoms with van der Waals surface area (Å²) in [4.78, 5) is 24.9. The number of halogens is 2. The number of benzene rings is 1. The second-order valence-electron chi connectivity index (χ2n) is 5.91. The zero-order valence-corrected chi connectivity index (χ0v) is 15.1. The van der Waals surface area contributed by atoms with Crippen LogP contribution in [0.5, 0.6) is 0 Å². The van der Waals surface area contributed by atoms with Gasteiger partial charge in [-0.25, -0.2) is 9.59 Å². The molecule has 1 aromatic rings. The van der Waals surface area contributed by atoms with Crippen molar-refractivity contribution in [1.82, 2.24) is 10.2 Å². The van der Waals surface area contributed by atoms with Crippen molar-refractivity contribution in [3.8, 4) is 0 Å². The molecular weight excluding hydrogens is 341 g/mol. The summed E-state index contributed by atoms with van der Waals surface area (Å²) in [6, 6.07) is 4.38. The Morgan fingerprint density at radius 1 is 1.22 bits per heavy atom. The molecule has 0 saturated heterocycles. The van der Waals surface area contributed by atoms with Crippen molar-refractivity contribution in [3.63, 3.8) is 0 Å². The summed E-state index contributed by atoms with van der Waals surface area (Å²) in [5.41, 5.74) is -0.0262. The van der Waals surface area contributed by atoms with Crippen molar-refractivity contribution in [2.45, 2.75) is 26.4 Å². The number of nitrogens with one attached hydrogen (secondary N) is 2. The maximum absolute atomic E-state index is 11.8. The molecule has 1 rings (SSSR count). The van der Waals surface area contributed by atoms with Crippen LogP contribution in [0.25, 0.3) is 0 Å². The van der Waals surface area contributed by atoms with Crippen LogP contribution >= 0.6 is 23.2 Å². The highest BCUT2D eigenvalue weighted by atomic mass is 35.5. The van der Waals surface area contributed by atoms with Crippen LogP contribution in [0, 0.1) is 0 Å². The highest BCUT2D eigenvalue weighted by molar-refractivity contribution is 6.42. The molecule has 0 fully saturated rings. The van der Waals surface area contributed by atoms with E-state index in [-0.39, 0.29) is 6.54 Å². The van der Waals surface area contributed by atoms with E-state index in [1.807, 2.05) is 0 Å². The van der Waals surface area contributed by atoms with E-state index in [9.17, 15) is 9.59 Å². The lowest BCUT2D eigenvalue weighted by Crippen LogP contribution is -2.40. The van der Waals surface area contributed by atoms with Crippen LogP contribution in [0.2, 0.25) is 10.0 Å². The largest absolute Gasteiger partial charge is 0.444 e. The van der Waals surface area contributed by atoms with Crippen LogP contribution in [-0.2, 0) is 4.74 Å². The summed E-state index contributed by atoms with van der Waals surface area (Å²) in [5.74, 6) is 0. The Labute approximate surface area is 146 Å². The van der Waals surface area contributed by atoms with Gasteiger partial charge in [-0.15, -0.1) is 0 Å². The Hall–Kier alpha value is -1.66. The molecule has 8 heteroatoms. The number of anilines is 1. The Balaban J connectivity index is 2.36. The third-order valence-corrected chi connectivity index (χ3v) is 3.35. The molecule has 0 aliphatic carbocycles. The fourth-order valence-electron chi connectivity index (χ4n) is 1.52. The first-order chi connectivity index (χ1) is 10.6. The number of carbonyl (C=O) groups excluding carboxylic acids is 2. The van der Waals surface area contributed by atoms with Gasteiger partial charge in [0.2, 0.25) is 0 Å². The second-order valence-corrected chi connectivity index (χ2v) is 6.73. The first kappa shape index (κ1) is 19.4. The topological polar surface area (TPSA) is 70.7 Å². The van der Waals surface area contributed by atoms with E-state index in [0.717, 1.165) is 0 Å². The van der Waals surface area contributed by atoms with Crippen molar-refractivity contribution in [1.29, 1.82) is 0 Å². The average molecular weight is 362 g/mol. The number of rotatable bonds is 4. The number of hydrogen-bond acceptors (Lipinski definition) is 3. The summed E-state index contributed by atoms with van der Waals surface area (Å²) in [7, 11) is 1.60. The minimum atomic E-state index is -0.552. The van der Waals surface area contributed by atoms with Crippen LogP contribution in [0.4, 0.5) is 15.3 Å². The van der Waals surface area contributed by atoms with Crippen LogP contribution in [-0.4, -0.2) is 42.8 Å². The van der Waals surface area contributed by atoms with E-state index in [4.69, 9.17) is 27.9 Å². The maximum atomic E-state index is 11.8. The molecule has 0 radical (unpaired) electrons. The van der Waals surface area contributed by atoms with Crippen molar-refractivity contribution in [2.24, 2.45) is 0 Å². The highest BCUT2D eigenvalue weighted by Crippen LogP contribution is 2.24. The van der Waals surface area contributed by atoms with E-state index in [1.54, 1.807) is 46.0 Å². The molecule has 0 saturated carbocycles.